The first-order valence-electron chi connectivity index (χ1n) is 9.33. The third-order valence-corrected chi connectivity index (χ3v) is 8.32. The molecule has 0 amide bonds. The van der Waals surface area contributed by atoms with Crippen molar-refractivity contribution in [1.29, 1.82) is 0 Å². The van der Waals surface area contributed by atoms with Gasteiger partial charge < -0.3 is 15.3 Å². The number of aryl methyl sites for hydroxylation is 1. The van der Waals surface area contributed by atoms with E-state index in [4.69, 9.17) is 0 Å². The van der Waals surface area contributed by atoms with Crippen LogP contribution in [0.2, 0.25) is 0 Å². The van der Waals surface area contributed by atoms with Crippen LogP contribution in [0, 0.1) is 16.7 Å². The quantitative estimate of drug-likeness (QED) is 0.641. The standard InChI is InChI=1S/C21H26O3/c1-19-8-6-16-15-4-3-14(22)12-13(15)2-5-17(16)20(19)9-7-18(23)21(19,24)11-10-20/h3-4,7,9,12,16-18,22-24H,2,5-6,8,10-11H2,1H3/t16-,17-,18+,19+,20-,21+/m1/s1. The largest absolute Gasteiger partial charge is 0.508 e. The molecule has 4 aliphatic carbocycles. The van der Waals surface area contributed by atoms with E-state index in [-0.39, 0.29) is 10.8 Å². The van der Waals surface area contributed by atoms with Gasteiger partial charge in [0.25, 0.3) is 0 Å². The normalized spacial score (nSPS) is 48.5. The number of phenols is 1. The minimum Gasteiger partial charge on any atom is -0.508 e. The van der Waals surface area contributed by atoms with Gasteiger partial charge in [0.1, 0.15) is 17.5 Å². The predicted octanol–water partition coefficient (Wildman–Crippen LogP) is 3.28. The molecule has 0 unspecified atom stereocenters. The minimum atomic E-state index is -0.970. The molecule has 0 radical (unpaired) electrons. The Bertz CT molecular complexity index is 741. The molecule has 0 aliphatic heterocycles. The SMILES string of the molecule is C[C@]12CC[C@@H]3c4ccc(O)cc4CC[C@H]3[C@]13C=C[C@H](O)[C@@]2(O)CC3. The number of allylic oxidation sites excluding steroid dienone is 1. The van der Waals surface area contributed by atoms with Gasteiger partial charge in [-0.2, -0.15) is 0 Å². The Morgan fingerprint density at radius 1 is 1.12 bits per heavy atom. The Morgan fingerprint density at radius 2 is 1.96 bits per heavy atom. The average molecular weight is 326 g/mol. The van der Waals surface area contributed by atoms with Gasteiger partial charge in [-0.05, 0) is 73.6 Å². The van der Waals surface area contributed by atoms with Crippen molar-refractivity contribution in [3.63, 3.8) is 0 Å². The first kappa shape index (κ1) is 15.0. The van der Waals surface area contributed by atoms with Crippen LogP contribution in [0.5, 0.6) is 5.75 Å². The highest BCUT2D eigenvalue weighted by Gasteiger charge is 2.71. The summed E-state index contributed by atoms with van der Waals surface area (Å²) in [5, 5.41) is 31.6. The molecule has 3 heteroatoms. The number of hydrogen-bond donors (Lipinski definition) is 3. The zero-order valence-corrected chi connectivity index (χ0v) is 14.2. The molecule has 1 aromatic carbocycles. The highest BCUT2D eigenvalue weighted by atomic mass is 16.3. The van der Waals surface area contributed by atoms with Crippen LogP contribution < -0.4 is 0 Å². The summed E-state index contributed by atoms with van der Waals surface area (Å²) in [5.41, 5.74) is 1.49. The zero-order valence-electron chi connectivity index (χ0n) is 14.2. The molecule has 3 nitrogen and oxygen atoms in total. The molecule has 0 heterocycles. The second kappa shape index (κ2) is 4.44. The van der Waals surface area contributed by atoms with E-state index in [1.807, 2.05) is 18.2 Å². The molecule has 128 valence electrons. The first-order valence-corrected chi connectivity index (χ1v) is 9.33. The van der Waals surface area contributed by atoms with Crippen molar-refractivity contribution >= 4 is 0 Å². The van der Waals surface area contributed by atoms with Crippen molar-refractivity contribution in [3.8, 4) is 5.75 Å². The number of phenolic OH excluding ortho intramolecular Hbond substituents is 1. The van der Waals surface area contributed by atoms with Gasteiger partial charge >= 0.3 is 0 Å². The van der Waals surface area contributed by atoms with Gasteiger partial charge in [0.2, 0.25) is 0 Å². The third-order valence-electron chi connectivity index (χ3n) is 8.32. The molecule has 2 saturated carbocycles. The number of rotatable bonds is 0. The molecule has 0 spiro atoms. The molecule has 0 saturated heterocycles. The Morgan fingerprint density at radius 3 is 2.79 bits per heavy atom. The number of hydrogen-bond acceptors (Lipinski definition) is 3. The lowest BCUT2D eigenvalue weighted by atomic mass is 9.44. The highest BCUT2D eigenvalue weighted by molar-refractivity contribution is 5.43. The lowest BCUT2D eigenvalue weighted by Gasteiger charge is -2.61. The Hall–Kier alpha value is -1.32. The Labute approximate surface area is 143 Å². The fraction of sp³-hybridized carbons (Fsp3) is 0.619. The van der Waals surface area contributed by atoms with Crippen molar-refractivity contribution in [2.75, 3.05) is 0 Å². The smallest absolute Gasteiger partial charge is 0.115 e. The van der Waals surface area contributed by atoms with Gasteiger partial charge in [0.05, 0.1) is 0 Å². The van der Waals surface area contributed by atoms with Gasteiger partial charge in [-0.1, -0.05) is 25.1 Å². The maximum atomic E-state index is 11.3. The number of aliphatic hydroxyl groups is 2. The van der Waals surface area contributed by atoms with Crippen LogP contribution in [0.25, 0.3) is 0 Å². The molecule has 6 atom stereocenters. The summed E-state index contributed by atoms with van der Waals surface area (Å²) >= 11 is 0. The van der Waals surface area contributed by atoms with Crippen molar-refractivity contribution < 1.29 is 15.3 Å². The van der Waals surface area contributed by atoms with Crippen LogP contribution in [0.4, 0.5) is 0 Å². The van der Waals surface area contributed by atoms with E-state index < -0.39 is 11.7 Å². The maximum Gasteiger partial charge on any atom is 0.115 e. The van der Waals surface area contributed by atoms with E-state index in [0.717, 1.165) is 32.1 Å². The van der Waals surface area contributed by atoms with Gasteiger partial charge in [0.15, 0.2) is 0 Å². The average Bonchev–Trinajstić information content (AvgIpc) is 2.72. The number of aromatic hydroxyl groups is 1. The van der Waals surface area contributed by atoms with Crippen LogP contribution in [0.3, 0.4) is 0 Å². The molecule has 24 heavy (non-hydrogen) atoms. The Kier molecular flexibility index (Phi) is 2.77. The molecule has 2 bridgehead atoms. The lowest BCUT2D eigenvalue weighted by molar-refractivity contribution is -0.178. The summed E-state index contributed by atoms with van der Waals surface area (Å²) in [6.45, 7) is 2.22. The summed E-state index contributed by atoms with van der Waals surface area (Å²) < 4.78 is 0. The van der Waals surface area contributed by atoms with Crippen molar-refractivity contribution in [2.24, 2.45) is 16.7 Å². The molecule has 4 aliphatic rings. The summed E-state index contributed by atoms with van der Waals surface area (Å²) in [4.78, 5) is 0. The van der Waals surface area contributed by atoms with Crippen LogP contribution in [-0.4, -0.2) is 27.0 Å². The molecule has 1 aromatic rings. The Balaban J connectivity index is 1.65. The van der Waals surface area contributed by atoms with Crippen molar-refractivity contribution in [3.05, 3.63) is 41.5 Å². The second-order valence-corrected chi connectivity index (χ2v) is 8.77. The third kappa shape index (κ3) is 1.48. The van der Waals surface area contributed by atoms with Gasteiger partial charge in [0, 0.05) is 10.8 Å². The second-order valence-electron chi connectivity index (χ2n) is 8.77. The van der Waals surface area contributed by atoms with Crippen LogP contribution >= 0.6 is 0 Å². The van der Waals surface area contributed by atoms with Gasteiger partial charge in [-0.15, -0.1) is 0 Å². The monoisotopic (exact) mass is 326 g/mol. The highest BCUT2D eigenvalue weighted by Crippen LogP contribution is 2.73. The van der Waals surface area contributed by atoms with E-state index in [2.05, 4.69) is 19.1 Å². The number of benzene rings is 1. The van der Waals surface area contributed by atoms with Crippen LogP contribution in [0.15, 0.2) is 30.4 Å². The predicted molar refractivity (Wildman–Crippen MR) is 91.8 cm³/mol. The first-order chi connectivity index (χ1) is 11.4. The topological polar surface area (TPSA) is 60.7 Å². The summed E-state index contributed by atoms with van der Waals surface area (Å²) in [6.07, 6.45) is 9.18. The van der Waals surface area contributed by atoms with E-state index >= 15 is 0 Å². The van der Waals surface area contributed by atoms with E-state index in [9.17, 15) is 15.3 Å². The van der Waals surface area contributed by atoms with Crippen molar-refractivity contribution in [2.45, 2.75) is 63.1 Å². The molecular formula is C21H26O3. The molecular weight excluding hydrogens is 300 g/mol. The minimum absolute atomic E-state index is 0.000523. The zero-order chi connectivity index (χ0) is 16.7. The fourth-order valence-corrected chi connectivity index (χ4v) is 7.00. The summed E-state index contributed by atoms with van der Waals surface area (Å²) in [6, 6.07) is 5.87. The van der Waals surface area contributed by atoms with Crippen LogP contribution in [0.1, 0.15) is 56.1 Å². The lowest BCUT2D eigenvalue weighted by Crippen LogP contribution is -2.62. The van der Waals surface area contributed by atoms with E-state index in [0.29, 0.717) is 24.0 Å². The van der Waals surface area contributed by atoms with Gasteiger partial charge in [-0.25, -0.2) is 0 Å². The van der Waals surface area contributed by atoms with Gasteiger partial charge in [-0.3, -0.25) is 0 Å². The van der Waals surface area contributed by atoms with Crippen molar-refractivity contribution in [1.82, 2.24) is 0 Å². The van der Waals surface area contributed by atoms with Crippen LogP contribution in [-0.2, 0) is 6.42 Å². The molecule has 2 fully saturated rings. The van der Waals surface area contributed by atoms with E-state index in [1.54, 1.807) is 0 Å². The number of aliphatic hydroxyl groups excluding tert-OH is 1. The molecule has 0 aromatic heterocycles. The summed E-state index contributed by atoms with van der Waals surface area (Å²) in [7, 11) is 0. The maximum absolute atomic E-state index is 11.3. The van der Waals surface area contributed by atoms with E-state index in [1.165, 1.54) is 11.1 Å². The number of fused-ring (bicyclic) bond motifs is 3. The summed E-state index contributed by atoms with van der Waals surface area (Å²) in [5.74, 6) is 1.39. The molecule has 5 rings (SSSR count). The fourth-order valence-electron chi connectivity index (χ4n) is 7.00. The molecule has 3 N–H and O–H groups in total.